The summed E-state index contributed by atoms with van der Waals surface area (Å²) in [6.45, 7) is 7.03. The molecule has 0 aromatic carbocycles. The van der Waals surface area contributed by atoms with Crippen LogP contribution >= 0.6 is 11.8 Å². The molecule has 0 saturated carbocycles. The molecule has 0 radical (unpaired) electrons. The fraction of sp³-hybridized carbons (Fsp3) is 0.909. The van der Waals surface area contributed by atoms with E-state index in [0.717, 1.165) is 12.8 Å². The van der Waals surface area contributed by atoms with Crippen LogP contribution in [0.4, 0.5) is 0 Å². The van der Waals surface area contributed by atoms with Crippen molar-refractivity contribution in [3.8, 4) is 0 Å². The Bertz CT molecular complexity index is 171. The molecular formula is C11H23NOS. The summed E-state index contributed by atoms with van der Waals surface area (Å²) in [6, 6.07) is 0.557. The topological polar surface area (TPSA) is 20.3 Å². The zero-order valence-electron chi connectivity index (χ0n) is 10.0. The van der Waals surface area contributed by atoms with Gasteiger partial charge in [0.2, 0.25) is 0 Å². The summed E-state index contributed by atoms with van der Waals surface area (Å²) >= 11 is 1.87. The SMILES string of the molecule is CSCCC(C)N(C)CC(C)(C)C=O. The molecule has 0 saturated heterocycles. The van der Waals surface area contributed by atoms with E-state index in [1.54, 1.807) is 0 Å². The second-order valence-corrected chi connectivity index (χ2v) is 5.64. The van der Waals surface area contributed by atoms with Gasteiger partial charge in [-0.25, -0.2) is 0 Å². The van der Waals surface area contributed by atoms with E-state index in [4.69, 9.17) is 0 Å². The molecule has 0 aromatic rings. The van der Waals surface area contributed by atoms with Crippen molar-refractivity contribution in [3.05, 3.63) is 0 Å². The minimum Gasteiger partial charge on any atom is -0.303 e. The first-order valence-corrected chi connectivity index (χ1v) is 6.48. The van der Waals surface area contributed by atoms with Gasteiger partial charge in [-0.15, -0.1) is 0 Å². The lowest BCUT2D eigenvalue weighted by atomic mass is 9.94. The smallest absolute Gasteiger partial charge is 0.126 e. The third kappa shape index (κ3) is 5.66. The van der Waals surface area contributed by atoms with Crippen LogP contribution in [0.25, 0.3) is 0 Å². The van der Waals surface area contributed by atoms with Gasteiger partial charge >= 0.3 is 0 Å². The molecule has 14 heavy (non-hydrogen) atoms. The average molecular weight is 217 g/mol. The highest BCUT2D eigenvalue weighted by atomic mass is 32.2. The monoisotopic (exact) mass is 217 g/mol. The Morgan fingerprint density at radius 3 is 2.50 bits per heavy atom. The van der Waals surface area contributed by atoms with E-state index in [9.17, 15) is 4.79 Å². The Hall–Kier alpha value is -0.0200. The maximum absolute atomic E-state index is 10.8. The van der Waals surface area contributed by atoms with Crippen LogP contribution in [0.1, 0.15) is 27.2 Å². The van der Waals surface area contributed by atoms with Crippen molar-refractivity contribution in [3.63, 3.8) is 0 Å². The predicted octanol–water partition coefficient (Wildman–Crippen LogP) is 2.28. The van der Waals surface area contributed by atoms with E-state index in [1.807, 2.05) is 25.6 Å². The molecule has 1 unspecified atom stereocenters. The first kappa shape index (κ1) is 14.0. The van der Waals surface area contributed by atoms with E-state index < -0.39 is 0 Å². The number of hydrogen-bond acceptors (Lipinski definition) is 3. The van der Waals surface area contributed by atoms with Crippen LogP contribution in [0, 0.1) is 5.41 Å². The molecule has 0 rings (SSSR count). The van der Waals surface area contributed by atoms with Crippen LogP contribution in [-0.2, 0) is 4.79 Å². The maximum atomic E-state index is 10.8. The Kier molecular flexibility index (Phi) is 6.45. The highest BCUT2D eigenvalue weighted by molar-refractivity contribution is 7.98. The van der Waals surface area contributed by atoms with Gasteiger partial charge in [-0.2, -0.15) is 11.8 Å². The number of hydrogen-bond donors (Lipinski definition) is 0. The first-order chi connectivity index (χ1) is 6.43. The Morgan fingerprint density at radius 1 is 1.50 bits per heavy atom. The van der Waals surface area contributed by atoms with Gasteiger partial charge in [0.25, 0.3) is 0 Å². The van der Waals surface area contributed by atoms with E-state index in [0.29, 0.717) is 6.04 Å². The Balaban J connectivity index is 3.93. The van der Waals surface area contributed by atoms with Crippen LogP contribution in [0.5, 0.6) is 0 Å². The molecule has 84 valence electrons. The Labute approximate surface area is 92.4 Å². The normalized spacial score (nSPS) is 14.4. The van der Waals surface area contributed by atoms with Gasteiger partial charge in [0.05, 0.1) is 0 Å². The molecular weight excluding hydrogens is 194 g/mol. The zero-order chi connectivity index (χ0) is 11.2. The minimum atomic E-state index is -0.220. The molecule has 0 aliphatic carbocycles. The molecule has 0 aliphatic heterocycles. The van der Waals surface area contributed by atoms with Gasteiger partial charge in [-0.05, 0) is 32.4 Å². The fourth-order valence-corrected chi connectivity index (χ4v) is 1.92. The predicted molar refractivity (Wildman–Crippen MR) is 64.9 cm³/mol. The highest BCUT2D eigenvalue weighted by Crippen LogP contribution is 2.15. The average Bonchev–Trinajstić information content (AvgIpc) is 2.13. The van der Waals surface area contributed by atoms with Gasteiger partial charge in [-0.3, -0.25) is 0 Å². The van der Waals surface area contributed by atoms with E-state index in [2.05, 4.69) is 25.1 Å². The lowest BCUT2D eigenvalue weighted by Gasteiger charge is -2.30. The van der Waals surface area contributed by atoms with Crippen LogP contribution in [0.3, 0.4) is 0 Å². The van der Waals surface area contributed by atoms with Gasteiger partial charge in [0.15, 0.2) is 0 Å². The largest absolute Gasteiger partial charge is 0.303 e. The quantitative estimate of drug-likeness (QED) is 0.610. The van der Waals surface area contributed by atoms with Crippen molar-refractivity contribution in [1.29, 1.82) is 0 Å². The molecule has 0 bridgehead atoms. The van der Waals surface area contributed by atoms with Crippen molar-refractivity contribution in [2.24, 2.45) is 5.41 Å². The lowest BCUT2D eigenvalue weighted by Crippen LogP contribution is -2.38. The Morgan fingerprint density at radius 2 is 2.07 bits per heavy atom. The van der Waals surface area contributed by atoms with Crippen molar-refractivity contribution in [1.82, 2.24) is 4.90 Å². The second-order valence-electron chi connectivity index (χ2n) is 4.65. The summed E-state index contributed by atoms with van der Waals surface area (Å²) in [6.07, 6.45) is 4.36. The molecule has 1 atom stereocenters. The van der Waals surface area contributed by atoms with Crippen molar-refractivity contribution >= 4 is 18.0 Å². The molecule has 2 nitrogen and oxygen atoms in total. The highest BCUT2D eigenvalue weighted by Gasteiger charge is 2.21. The molecule has 0 amide bonds. The van der Waals surface area contributed by atoms with Crippen LogP contribution < -0.4 is 0 Å². The summed E-state index contributed by atoms with van der Waals surface area (Å²) in [5.74, 6) is 1.19. The summed E-state index contributed by atoms with van der Waals surface area (Å²) in [5.41, 5.74) is -0.220. The van der Waals surface area contributed by atoms with Gasteiger partial charge < -0.3 is 9.69 Å². The molecule has 0 spiro atoms. The summed E-state index contributed by atoms with van der Waals surface area (Å²) in [5, 5.41) is 0. The number of thioether (sulfide) groups is 1. The van der Waals surface area contributed by atoms with E-state index >= 15 is 0 Å². The molecule has 0 aliphatic rings. The summed E-state index contributed by atoms with van der Waals surface area (Å²) in [4.78, 5) is 13.0. The van der Waals surface area contributed by atoms with Gasteiger partial charge in [0, 0.05) is 18.0 Å². The lowest BCUT2D eigenvalue weighted by molar-refractivity contribution is -0.115. The molecule has 0 fully saturated rings. The van der Waals surface area contributed by atoms with Crippen LogP contribution in [0.2, 0.25) is 0 Å². The van der Waals surface area contributed by atoms with E-state index in [1.165, 1.54) is 12.2 Å². The number of aldehydes is 1. The molecule has 3 heteroatoms. The first-order valence-electron chi connectivity index (χ1n) is 5.08. The standard InChI is InChI=1S/C11H23NOS/c1-10(6-7-14-5)12(4)8-11(2,3)9-13/h9-10H,6-8H2,1-5H3. The number of carbonyl (C=O) groups excluding carboxylic acids is 1. The van der Waals surface area contributed by atoms with Gasteiger partial charge in [-0.1, -0.05) is 13.8 Å². The third-order valence-electron chi connectivity index (χ3n) is 2.47. The van der Waals surface area contributed by atoms with Gasteiger partial charge in [0.1, 0.15) is 6.29 Å². The number of carbonyl (C=O) groups is 1. The molecule has 0 N–H and O–H groups in total. The van der Waals surface area contributed by atoms with E-state index in [-0.39, 0.29) is 5.41 Å². The van der Waals surface area contributed by atoms with Crippen LogP contribution in [-0.4, -0.2) is 42.8 Å². The molecule has 0 aromatic heterocycles. The van der Waals surface area contributed by atoms with Crippen molar-refractivity contribution in [2.75, 3.05) is 25.6 Å². The molecule has 0 heterocycles. The third-order valence-corrected chi connectivity index (χ3v) is 3.11. The summed E-state index contributed by atoms with van der Waals surface area (Å²) < 4.78 is 0. The summed E-state index contributed by atoms with van der Waals surface area (Å²) in [7, 11) is 2.09. The second kappa shape index (κ2) is 6.46. The maximum Gasteiger partial charge on any atom is 0.126 e. The van der Waals surface area contributed by atoms with Crippen molar-refractivity contribution < 1.29 is 4.79 Å². The number of nitrogens with zero attached hydrogens (tertiary/aromatic N) is 1. The number of rotatable bonds is 7. The van der Waals surface area contributed by atoms with Crippen molar-refractivity contribution in [2.45, 2.75) is 33.2 Å². The fourth-order valence-electron chi connectivity index (χ4n) is 1.34. The zero-order valence-corrected chi connectivity index (χ0v) is 10.9. The van der Waals surface area contributed by atoms with Crippen LogP contribution in [0.15, 0.2) is 0 Å². The minimum absolute atomic E-state index is 0.220.